The van der Waals surface area contributed by atoms with Crippen LogP contribution in [0.3, 0.4) is 0 Å². The zero-order chi connectivity index (χ0) is 16.2. The van der Waals surface area contributed by atoms with Crippen molar-refractivity contribution in [1.29, 1.82) is 5.26 Å². The quantitative estimate of drug-likeness (QED) is 0.806. The molecular formula is C18H17N3O2. The van der Waals surface area contributed by atoms with Gasteiger partial charge in [-0.2, -0.15) is 5.26 Å². The number of aliphatic hydroxyl groups excluding tert-OH is 1. The maximum atomic E-state index is 12.2. The Morgan fingerprint density at radius 1 is 1.30 bits per heavy atom. The summed E-state index contributed by atoms with van der Waals surface area (Å²) in [7, 11) is 0. The first-order valence-corrected chi connectivity index (χ1v) is 7.47. The van der Waals surface area contributed by atoms with Crippen LogP contribution in [0, 0.1) is 11.3 Å². The zero-order valence-electron chi connectivity index (χ0n) is 12.5. The van der Waals surface area contributed by atoms with Crippen LogP contribution in [0.4, 0.5) is 5.69 Å². The van der Waals surface area contributed by atoms with Gasteiger partial charge in [0.2, 0.25) is 0 Å². The van der Waals surface area contributed by atoms with Crippen molar-refractivity contribution in [3.8, 4) is 6.07 Å². The van der Waals surface area contributed by atoms with E-state index in [4.69, 9.17) is 5.26 Å². The number of carbonyl (C=O) groups is 1. The number of fused-ring (bicyclic) bond motifs is 1. The van der Waals surface area contributed by atoms with Gasteiger partial charge in [0.1, 0.15) is 0 Å². The van der Waals surface area contributed by atoms with E-state index in [-0.39, 0.29) is 6.04 Å². The van der Waals surface area contributed by atoms with Crippen LogP contribution in [0.25, 0.3) is 0 Å². The van der Waals surface area contributed by atoms with E-state index in [2.05, 4.69) is 16.7 Å². The van der Waals surface area contributed by atoms with Crippen LogP contribution in [-0.2, 0) is 11.2 Å². The number of rotatable bonds is 3. The molecule has 0 radical (unpaired) electrons. The normalized spacial score (nSPS) is 17.3. The predicted octanol–water partition coefficient (Wildman–Crippen LogP) is 1.74. The van der Waals surface area contributed by atoms with Crippen molar-refractivity contribution in [1.82, 2.24) is 5.32 Å². The van der Waals surface area contributed by atoms with Crippen LogP contribution in [0.5, 0.6) is 0 Å². The van der Waals surface area contributed by atoms with Crippen molar-refractivity contribution in [2.75, 3.05) is 11.9 Å². The smallest absolute Gasteiger partial charge is 0.253 e. The Balaban J connectivity index is 1.67. The van der Waals surface area contributed by atoms with E-state index in [1.165, 1.54) is 0 Å². The van der Waals surface area contributed by atoms with Crippen molar-refractivity contribution in [3.63, 3.8) is 0 Å². The number of nitrogens with one attached hydrogen (secondary N) is 2. The average molecular weight is 307 g/mol. The SMILES string of the molecule is N#Cc1ccc2c(c1)CC(NC(=O)C(O)c1ccccc1)CN2. The Labute approximate surface area is 134 Å². The molecule has 0 saturated carbocycles. The summed E-state index contributed by atoms with van der Waals surface area (Å²) >= 11 is 0. The predicted molar refractivity (Wildman–Crippen MR) is 86.7 cm³/mol. The summed E-state index contributed by atoms with van der Waals surface area (Å²) in [5.41, 5.74) is 3.15. The number of aliphatic hydroxyl groups is 1. The van der Waals surface area contributed by atoms with Gasteiger partial charge >= 0.3 is 0 Å². The van der Waals surface area contributed by atoms with Gasteiger partial charge < -0.3 is 15.7 Å². The number of benzene rings is 2. The molecule has 2 aromatic carbocycles. The molecule has 1 aliphatic rings. The molecule has 2 unspecified atom stereocenters. The summed E-state index contributed by atoms with van der Waals surface area (Å²) in [6.45, 7) is 0.589. The molecule has 1 heterocycles. The van der Waals surface area contributed by atoms with E-state index in [0.717, 1.165) is 11.3 Å². The lowest BCUT2D eigenvalue weighted by Gasteiger charge is -2.28. The Morgan fingerprint density at radius 2 is 2.09 bits per heavy atom. The lowest BCUT2D eigenvalue weighted by Crippen LogP contribution is -2.45. The van der Waals surface area contributed by atoms with Crippen LogP contribution in [0.2, 0.25) is 0 Å². The lowest BCUT2D eigenvalue weighted by molar-refractivity contribution is -0.130. The van der Waals surface area contributed by atoms with Gasteiger partial charge in [-0.15, -0.1) is 0 Å². The minimum absolute atomic E-state index is 0.123. The molecule has 1 amide bonds. The number of hydrogen-bond donors (Lipinski definition) is 3. The standard InChI is InChI=1S/C18H17N3O2/c19-10-12-6-7-16-14(8-12)9-15(11-20-16)21-18(23)17(22)13-4-2-1-3-5-13/h1-8,15,17,20,22H,9,11H2,(H,21,23). The van der Waals surface area contributed by atoms with Gasteiger partial charge in [0.05, 0.1) is 17.7 Å². The van der Waals surface area contributed by atoms with Gasteiger partial charge in [-0.05, 0) is 35.7 Å². The highest BCUT2D eigenvalue weighted by Crippen LogP contribution is 2.23. The molecule has 23 heavy (non-hydrogen) atoms. The molecule has 5 nitrogen and oxygen atoms in total. The van der Waals surface area contributed by atoms with Gasteiger partial charge in [-0.25, -0.2) is 0 Å². The first kappa shape index (κ1) is 15.1. The Bertz CT molecular complexity index is 753. The molecular weight excluding hydrogens is 290 g/mol. The van der Waals surface area contributed by atoms with Crippen LogP contribution in [0.15, 0.2) is 48.5 Å². The van der Waals surface area contributed by atoms with E-state index >= 15 is 0 Å². The summed E-state index contributed by atoms with van der Waals surface area (Å²) in [6.07, 6.45) is -0.548. The summed E-state index contributed by atoms with van der Waals surface area (Å²) in [5.74, 6) is -0.414. The summed E-state index contributed by atoms with van der Waals surface area (Å²) < 4.78 is 0. The molecule has 0 saturated heterocycles. The number of anilines is 1. The molecule has 0 fully saturated rings. The molecule has 1 aliphatic heterocycles. The Kier molecular flexibility index (Phi) is 4.26. The van der Waals surface area contributed by atoms with Crippen molar-refractivity contribution < 1.29 is 9.90 Å². The summed E-state index contributed by atoms with van der Waals surface area (Å²) in [4.78, 5) is 12.2. The number of nitriles is 1. The minimum Gasteiger partial charge on any atom is -0.383 e. The second-order valence-electron chi connectivity index (χ2n) is 5.59. The van der Waals surface area contributed by atoms with E-state index < -0.39 is 12.0 Å². The lowest BCUT2D eigenvalue weighted by atomic mass is 9.97. The number of carbonyl (C=O) groups excluding carboxylic acids is 1. The third-order valence-electron chi connectivity index (χ3n) is 3.95. The third kappa shape index (κ3) is 3.33. The number of nitrogens with zero attached hydrogens (tertiary/aromatic N) is 1. The third-order valence-corrected chi connectivity index (χ3v) is 3.95. The molecule has 0 spiro atoms. The Morgan fingerprint density at radius 3 is 2.83 bits per heavy atom. The number of hydrogen-bond acceptors (Lipinski definition) is 4. The van der Waals surface area contributed by atoms with Gasteiger partial charge in [0, 0.05) is 12.2 Å². The van der Waals surface area contributed by atoms with Gasteiger partial charge in [0.15, 0.2) is 6.10 Å². The maximum Gasteiger partial charge on any atom is 0.253 e. The minimum atomic E-state index is -1.18. The molecule has 2 atom stereocenters. The van der Waals surface area contributed by atoms with Gasteiger partial charge in [-0.1, -0.05) is 30.3 Å². The highest BCUT2D eigenvalue weighted by Gasteiger charge is 2.24. The monoisotopic (exact) mass is 307 g/mol. The molecule has 2 aromatic rings. The molecule has 0 aromatic heterocycles. The summed E-state index contributed by atoms with van der Waals surface area (Å²) in [5, 5.41) is 25.2. The van der Waals surface area contributed by atoms with Crippen molar-refractivity contribution in [3.05, 3.63) is 65.2 Å². The average Bonchev–Trinajstić information content (AvgIpc) is 2.61. The fourth-order valence-electron chi connectivity index (χ4n) is 2.74. The van der Waals surface area contributed by atoms with Crippen LogP contribution in [0.1, 0.15) is 22.8 Å². The zero-order valence-corrected chi connectivity index (χ0v) is 12.5. The first-order chi connectivity index (χ1) is 11.2. The van der Waals surface area contributed by atoms with E-state index in [1.807, 2.05) is 18.2 Å². The van der Waals surface area contributed by atoms with Crippen molar-refractivity contribution >= 4 is 11.6 Å². The van der Waals surface area contributed by atoms with Gasteiger partial charge in [-0.3, -0.25) is 4.79 Å². The van der Waals surface area contributed by atoms with E-state index in [1.54, 1.807) is 30.3 Å². The molecule has 0 aliphatic carbocycles. The highest BCUT2D eigenvalue weighted by atomic mass is 16.3. The second-order valence-corrected chi connectivity index (χ2v) is 5.59. The maximum absolute atomic E-state index is 12.2. The van der Waals surface area contributed by atoms with Gasteiger partial charge in [0.25, 0.3) is 5.91 Å². The molecule has 5 heteroatoms. The van der Waals surface area contributed by atoms with E-state index in [0.29, 0.717) is 24.1 Å². The highest BCUT2D eigenvalue weighted by molar-refractivity contribution is 5.82. The largest absolute Gasteiger partial charge is 0.383 e. The fraction of sp³-hybridized carbons (Fsp3) is 0.222. The summed E-state index contributed by atoms with van der Waals surface area (Å²) in [6, 6.07) is 16.3. The topological polar surface area (TPSA) is 85.2 Å². The first-order valence-electron chi connectivity index (χ1n) is 7.47. The second kappa shape index (κ2) is 6.51. The van der Waals surface area contributed by atoms with E-state index in [9.17, 15) is 9.90 Å². The molecule has 3 rings (SSSR count). The molecule has 116 valence electrons. The fourth-order valence-corrected chi connectivity index (χ4v) is 2.74. The Hall–Kier alpha value is -2.84. The number of amides is 1. The van der Waals surface area contributed by atoms with Crippen LogP contribution < -0.4 is 10.6 Å². The molecule has 3 N–H and O–H groups in total. The van der Waals surface area contributed by atoms with Crippen molar-refractivity contribution in [2.24, 2.45) is 0 Å². The molecule has 0 bridgehead atoms. The van der Waals surface area contributed by atoms with Crippen molar-refractivity contribution in [2.45, 2.75) is 18.6 Å². The van der Waals surface area contributed by atoms with Crippen LogP contribution in [-0.4, -0.2) is 23.6 Å². The van der Waals surface area contributed by atoms with Crippen LogP contribution >= 0.6 is 0 Å².